The van der Waals surface area contributed by atoms with Crippen molar-refractivity contribution in [1.82, 2.24) is 5.32 Å². The first-order valence-corrected chi connectivity index (χ1v) is 8.60. The van der Waals surface area contributed by atoms with E-state index in [-0.39, 0.29) is 17.8 Å². The third-order valence-electron chi connectivity index (χ3n) is 4.70. The van der Waals surface area contributed by atoms with Crippen LogP contribution in [0.1, 0.15) is 46.5 Å². The number of benzene rings is 2. The predicted molar refractivity (Wildman–Crippen MR) is 94.8 cm³/mol. The molecule has 0 radical (unpaired) electrons. The molecule has 0 spiro atoms. The van der Waals surface area contributed by atoms with E-state index in [0.29, 0.717) is 12.3 Å². The van der Waals surface area contributed by atoms with E-state index in [0.717, 1.165) is 40.7 Å². The van der Waals surface area contributed by atoms with Gasteiger partial charge in [-0.25, -0.2) is 4.39 Å². The smallest absolute Gasteiger partial charge is 0.251 e. The fourth-order valence-corrected chi connectivity index (χ4v) is 3.55. The van der Waals surface area contributed by atoms with Crippen LogP contribution in [0.25, 0.3) is 0 Å². The zero-order valence-corrected chi connectivity index (χ0v) is 14.5. The molecule has 0 heterocycles. The number of carbonyl (C=O) groups is 1. The maximum Gasteiger partial charge on any atom is 0.251 e. The summed E-state index contributed by atoms with van der Waals surface area (Å²) in [4.78, 5) is 12.8. The molecule has 1 atom stereocenters. The van der Waals surface area contributed by atoms with Crippen LogP contribution in [-0.4, -0.2) is 11.9 Å². The second-order valence-corrected chi connectivity index (χ2v) is 7.19. The standard InChI is InChI=1S/C21H24FNO/c1-13(2)9-20-14(3)5-4-6-19(20)21(24)23-18-11-15-7-8-17(22)10-16(15)12-18/h4-8,10,13,18H,9,11-12H2,1-3H3,(H,23,24)/t18-/m0/s1. The Morgan fingerprint density at radius 2 is 1.96 bits per heavy atom. The molecule has 0 unspecified atom stereocenters. The number of hydrogen-bond donors (Lipinski definition) is 1. The fraction of sp³-hybridized carbons (Fsp3) is 0.381. The van der Waals surface area contributed by atoms with E-state index in [2.05, 4.69) is 32.2 Å². The summed E-state index contributed by atoms with van der Waals surface area (Å²) in [6.07, 6.45) is 2.36. The third-order valence-corrected chi connectivity index (χ3v) is 4.70. The molecule has 2 nitrogen and oxygen atoms in total. The number of nitrogens with one attached hydrogen (secondary N) is 1. The highest BCUT2D eigenvalue weighted by atomic mass is 19.1. The van der Waals surface area contributed by atoms with Gasteiger partial charge in [0.2, 0.25) is 0 Å². The average Bonchev–Trinajstić information content (AvgIpc) is 2.90. The lowest BCUT2D eigenvalue weighted by Gasteiger charge is -2.17. The predicted octanol–water partition coefficient (Wildman–Crippen LogP) is 4.23. The topological polar surface area (TPSA) is 29.1 Å². The van der Waals surface area contributed by atoms with E-state index in [1.807, 2.05) is 18.2 Å². The molecule has 3 heteroatoms. The zero-order valence-electron chi connectivity index (χ0n) is 14.5. The maximum atomic E-state index is 13.3. The molecule has 2 aromatic rings. The number of amides is 1. The monoisotopic (exact) mass is 325 g/mol. The van der Waals surface area contributed by atoms with E-state index in [4.69, 9.17) is 0 Å². The minimum Gasteiger partial charge on any atom is -0.349 e. The first-order chi connectivity index (χ1) is 11.4. The van der Waals surface area contributed by atoms with Crippen molar-refractivity contribution in [3.63, 3.8) is 0 Å². The minimum atomic E-state index is -0.210. The van der Waals surface area contributed by atoms with Crippen LogP contribution in [0.5, 0.6) is 0 Å². The van der Waals surface area contributed by atoms with Crippen molar-refractivity contribution in [3.05, 3.63) is 70.0 Å². The van der Waals surface area contributed by atoms with E-state index < -0.39 is 0 Å². The second-order valence-electron chi connectivity index (χ2n) is 7.19. The van der Waals surface area contributed by atoms with E-state index in [1.54, 1.807) is 6.07 Å². The first kappa shape index (κ1) is 16.7. The Morgan fingerprint density at radius 1 is 1.21 bits per heavy atom. The normalized spacial score (nSPS) is 16.3. The van der Waals surface area contributed by atoms with Gasteiger partial charge in [0.05, 0.1) is 0 Å². The van der Waals surface area contributed by atoms with Crippen molar-refractivity contribution in [3.8, 4) is 0 Å². The van der Waals surface area contributed by atoms with Crippen molar-refractivity contribution < 1.29 is 9.18 Å². The second kappa shape index (κ2) is 6.76. The molecule has 1 aliphatic carbocycles. The van der Waals surface area contributed by atoms with Crippen LogP contribution >= 0.6 is 0 Å². The van der Waals surface area contributed by atoms with Gasteiger partial charge in [0.15, 0.2) is 0 Å². The Balaban J connectivity index is 1.76. The summed E-state index contributed by atoms with van der Waals surface area (Å²) in [5, 5.41) is 3.14. The van der Waals surface area contributed by atoms with Crippen LogP contribution in [0, 0.1) is 18.7 Å². The molecule has 0 saturated heterocycles. The van der Waals surface area contributed by atoms with Gasteiger partial charge in [-0.3, -0.25) is 4.79 Å². The summed E-state index contributed by atoms with van der Waals surface area (Å²) in [6, 6.07) is 10.8. The molecule has 3 rings (SSSR count). The Morgan fingerprint density at radius 3 is 2.71 bits per heavy atom. The van der Waals surface area contributed by atoms with Crippen LogP contribution in [0.3, 0.4) is 0 Å². The molecule has 1 N–H and O–H groups in total. The number of rotatable bonds is 4. The molecule has 0 saturated carbocycles. The summed E-state index contributed by atoms with van der Waals surface area (Å²) in [5.41, 5.74) is 5.20. The highest BCUT2D eigenvalue weighted by Crippen LogP contribution is 2.24. The molecular weight excluding hydrogens is 301 g/mol. The fourth-order valence-electron chi connectivity index (χ4n) is 3.55. The molecular formula is C21H24FNO. The van der Waals surface area contributed by atoms with Crippen LogP contribution < -0.4 is 5.32 Å². The van der Waals surface area contributed by atoms with Crippen molar-refractivity contribution in [2.24, 2.45) is 5.92 Å². The van der Waals surface area contributed by atoms with Gasteiger partial charge in [-0.1, -0.05) is 32.0 Å². The van der Waals surface area contributed by atoms with Crippen molar-refractivity contribution in [2.75, 3.05) is 0 Å². The van der Waals surface area contributed by atoms with Gasteiger partial charge in [-0.15, -0.1) is 0 Å². The van der Waals surface area contributed by atoms with Crippen LogP contribution in [0.2, 0.25) is 0 Å². The molecule has 0 fully saturated rings. The van der Waals surface area contributed by atoms with Gasteiger partial charge in [0, 0.05) is 11.6 Å². The molecule has 0 aliphatic heterocycles. The lowest BCUT2D eigenvalue weighted by atomic mass is 9.93. The Hall–Kier alpha value is -2.16. The summed E-state index contributed by atoms with van der Waals surface area (Å²) >= 11 is 0. The minimum absolute atomic E-state index is 0.0207. The summed E-state index contributed by atoms with van der Waals surface area (Å²) in [6.45, 7) is 6.38. The number of fused-ring (bicyclic) bond motifs is 1. The molecule has 2 aromatic carbocycles. The molecule has 0 bridgehead atoms. The number of carbonyl (C=O) groups excluding carboxylic acids is 1. The highest BCUT2D eigenvalue weighted by molar-refractivity contribution is 5.96. The van der Waals surface area contributed by atoms with Gasteiger partial charge in [0.1, 0.15) is 5.82 Å². The number of hydrogen-bond acceptors (Lipinski definition) is 1. The van der Waals surface area contributed by atoms with Crippen LogP contribution in [-0.2, 0) is 19.3 Å². The van der Waals surface area contributed by atoms with Crippen molar-refractivity contribution in [1.29, 1.82) is 0 Å². The molecule has 24 heavy (non-hydrogen) atoms. The van der Waals surface area contributed by atoms with Gasteiger partial charge in [-0.05, 0) is 72.6 Å². The largest absolute Gasteiger partial charge is 0.349 e. The van der Waals surface area contributed by atoms with Crippen LogP contribution in [0.4, 0.5) is 4.39 Å². The maximum absolute atomic E-state index is 13.3. The Labute approximate surface area is 143 Å². The van der Waals surface area contributed by atoms with E-state index in [1.165, 1.54) is 6.07 Å². The lowest BCUT2D eigenvalue weighted by molar-refractivity contribution is 0.0937. The highest BCUT2D eigenvalue weighted by Gasteiger charge is 2.24. The van der Waals surface area contributed by atoms with Crippen LogP contribution in [0.15, 0.2) is 36.4 Å². The van der Waals surface area contributed by atoms with Gasteiger partial charge >= 0.3 is 0 Å². The quantitative estimate of drug-likeness (QED) is 0.895. The Kier molecular flexibility index (Phi) is 4.70. The van der Waals surface area contributed by atoms with Gasteiger partial charge in [-0.2, -0.15) is 0 Å². The number of aryl methyl sites for hydroxylation is 1. The average molecular weight is 325 g/mol. The summed E-state index contributed by atoms with van der Waals surface area (Å²) in [7, 11) is 0. The van der Waals surface area contributed by atoms with Crippen molar-refractivity contribution in [2.45, 2.75) is 46.1 Å². The van der Waals surface area contributed by atoms with E-state index >= 15 is 0 Å². The first-order valence-electron chi connectivity index (χ1n) is 8.60. The van der Waals surface area contributed by atoms with Crippen molar-refractivity contribution >= 4 is 5.91 Å². The summed E-state index contributed by atoms with van der Waals surface area (Å²) < 4.78 is 13.3. The Bertz CT molecular complexity index is 766. The third kappa shape index (κ3) is 3.50. The molecule has 0 aromatic heterocycles. The lowest BCUT2D eigenvalue weighted by Crippen LogP contribution is -2.36. The number of halogens is 1. The molecule has 1 aliphatic rings. The molecule has 1 amide bonds. The van der Waals surface area contributed by atoms with E-state index in [9.17, 15) is 9.18 Å². The summed E-state index contributed by atoms with van der Waals surface area (Å²) in [5.74, 6) is 0.266. The van der Waals surface area contributed by atoms with Gasteiger partial charge in [0.25, 0.3) is 5.91 Å². The zero-order chi connectivity index (χ0) is 17.3. The SMILES string of the molecule is Cc1cccc(C(=O)N[C@H]2Cc3ccc(F)cc3C2)c1CC(C)C. The van der Waals surface area contributed by atoms with Gasteiger partial charge < -0.3 is 5.32 Å². The molecule has 126 valence electrons.